The molecule has 0 spiro atoms. The molecule has 5 aromatic carbocycles. The Labute approximate surface area is 358 Å². The van der Waals surface area contributed by atoms with Gasteiger partial charge < -0.3 is 19.1 Å². The molecule has 0 unspecified atom stereocenters. The number of para-hydroxylation sites is 2. The van der Waals surface area contributed by atoms with Crippen LogP contribution in [0, 0.1) is 0 Å². The number of anilines is 3. The van der Waals surface area contributed by atoms with Gasteiger partial charge in [0.1, 0.15) is 11.6 Å². The van der Waals surface area contributed by atoms with Crippen LogP contribution in [0.2, 0.25) is 0 Å². The molecular formula is C54H54N6O. The second kappa shape index (κ2) is 13.7. The van der Waals surface area contributed by atoms with Crippen LogP contribution in [-0.2, 0) is 16.2 Å². The summed E-state index contributed by atoms with van der Waals surface area (Å²) >= 11 is 0. The summed E-state index contributed by atoms with van der Waals surface area (Å²) in [6.07, 6.45) is 3.76. The van der Waals surface area contributed by atoms with Crippen molar-refractivity contribution in [2.45, 2.75) is 78.6 Å². The molecular weight excluding hydrogens is 749 g/mol. The molecule has 306 valence electrons. The van der Waals surface area contributed by atoms with Crippen LogP contribution in [0.1, 0.15) is 79.0 Å². The first-order valence-corrected chi connectivity index (χ1v) is 21.4. The standard InChI is InChI=1S/C54H54N6O/c1-52(2,3)34-15-20-44-41(27-34)42-28-35(53(4,5)6)16-21-45(42)59(44)38-17-22-46-43(30-38)40-19-18-39(32-49(40)60(46)50-29-36(23-25-55-50)54(7,8)9)61-51-31-37(24-26-56-51)58-33-57(10)47-13-11-12-14-48(47)58/h11-32H,33H2,1-10H3. The number of hydrogen-bond acceptors (Lipinski definition) is 5. The number of benzene rings is 5. The summed E-state index contributed by atoms with van der Waals surface area (Å²) in [7, 11) is 2.12. The van der Waals surface area contributed by atoms with Crippen LogP contribution in [-0.4, -0.2) is 32.8 Å². The molecule has 1 aliphatic heterocycles. The average Bonchev–Trinajstić information content (AvgIpc) is 3.86. The predicted molar refractivity (Wildman–Crippen MR) is 255 cm³/mol. The molecule has 7 nitrogen and oxygen atoms in total. The summed E-state index contributed by atoms with van der Waals surface area (Å²) < 4.78 is 11.4. The van der Waals surface area contributed by atoms with Crippen LogP contribution in [0.3, 0.4) is 0 Å². The van der Waals surface area contributed by atoms with Crippen LogP contribution < -0.4 is 14.5 Å². The van der Waals surface area contributed by atoms with Crippen LogP contribution in [0.5, 0.6) is 11.6 Å². The first-order chi connectivity index (χ1) is 29.0. The smallest absolute Gasteiger partial charge is 0.221 e. The van der Waals surface area contributed by atoms with Gasteiger partial charge in [-0.3, -0.25) is 4.57 Å². The second-order valence-electron chi connectivity index (χ2n) is 19.9. The van der Waals surface area contributed by atoms with E-state index >= 15 is 0 Å². The molecule has 0 aliphatic carbocycles. The zero-order valence-corrected chi connectivity index (χ0v) is 37.0. The molecule has 0 fully saturated rings. The zero-order valence-electron chi connectivity index (χ0n) is 37.0. The Kier molecular flexibility index (Phi) is 8.68. The topological polar surface area (TPSA) is 51.4 Å². The number of pyridine rings is 2. The lowest BCUT2D eigenvalue weighted by Gasteiger charge is -2.20. The first-order valence-electron chi connectivity index (χ1n) is 21.4. The molecule has 5 heterocycles. The van der Waals surface area contributed by atoms with Gasteiger partial charge in [0.2, 0.25) is 5.88 Å². The maximum Gasteiger partial charge on any atom is 0.221 e. The molecule has 1 aliphatic rings. The molecule has 4 aromatic heterocycles. The third-order valence-corrected chi connectivity index (χ3v) is 12.5. The SMILES string of the molecule is CN1CN(c2ccnc(Oc3ccc4c5cc(-n6c7ccc(C(C)(C)C)cc7c7cc(C(C)(C)C)ccc76)ccc5n(-c5cc(C(C)(C)C)ccn5)c4c3)c2)c2ccccc21. The van der Waals surface area contributed by atoms with E-state index in [1.807, 2.05) is 24.5 Å². The van der Waals surface area contributed by atoms with Gasteiger partial charge in [-0.1, -0.05) is 86.6 Å². The number of nitrogens with zero attached hydrogens (tertiary/aromatic N) is 6. The van der Waals surface area contributed by atoms with Gasteiger partial charge in [0, 0.05) is 64.5 Å². The van der Waals surface area contributed by atoms with Gasteiger partial charge >= 0.3 is 0 Å². The minimum Gasteiger partial charge on any atom is -0.439 e. The molecule has 0 atom stereocenters. The Bertz CT molecular complexity index is 3110. The summed E-state index contributed by atoms with van der Waals surface area (Å²) in [4.78, 5) is 14.2. The van der Waals surface area contributed by atoms with E-state index in [2.05, 4.69) is 202 Å². The molecule has 0 bridgehead atoms. The van der Waals surface area contributed by atoms with Gasteiger partial charge in [-0.05, 0) is 118 Å². The van der Waals surface area contributed by atoms with Crippen molar-refractivity contribution in [2.24, 2.45) is 0 Å². The summed E-state index contributed by atoms with van der Waals surface area (Å²) in [5.74, 6) is 2.12. The Morgan fingerprint density at radius 2 is 1.07 bits per heavy atom. The minimum absolute atomic E-state index is 0.0297. The third-order valence-electron chi connectivity index (χ3n) is 12.5. The van der Waals surface area contributed by atoms with Gasteiger partial charge in [-0.2, -0.15) is 0 Å². The number of rotatable bonds is 5. The minimum atomic E-state index is -0.0461. The molecule has 0 N–H and O–H groups in total. The van der Waals surface area contributed by atoms with E-state index in [1.165, 1.54) is 49.9 Å². The highest BCUT2D eigenvalue weighted by Crippen LogP contribution is 2.43. The third kappa shape index (κ3) is 6.58. The van der Waals surface area contributed by atoms with Gasteiger partial charge in [0.25, 0.3) is 0 Å². The lowest BCUT2D eigenvalue weighted by molar-refractivity contribution is 0.463. The Hall–Kier alpha value is -6.60. The highest BCUT2D eigenvalue weighted by molar-refractivity contribution is 6.12. The van der Waals surface area contributed by atoms with E-state index < -0.39 is 0 Å². The van der Waals surface area contributed by atoms with Crippen LogP contribution in [0.4, 0.5) is 17.1 Å². The number of hydrogen-bond donors (Lipinski definition) is 0. The molecule has 10 rings (SSSR count). The maximum atomic E-state index is 6.62. The quantitative estimate of drug-likeness (QED) is 0.173. The average molecular weight is 803 g/mol. The Balaban J connectivity index is 1.14. The molecule has 61 heavy (non-hydrogen) atoms. The number of ether oxygens (including phenoxy) is 1. The van der Waals surface area contributed by atoms with Gasteiger partial charge in [-0.15, -0.1) is 0 Å². The Morgan fingerprint density at radius 1 is 0.475 bits per heavy atom. The van der Waals surface area contributed by atoms with Gasteiger partial charge in [0.15, 0.2) is 0 Å². The molecule has 9 aromatic rings. The summed E-state index contributed by atoms with van der Waals surface area (Å²) in [6.45, 7) is 21.2. The van der Waals surface area contributed by atoms with Crippen molar-refractivity contribution in [3.8, 4) is 23.1 Å². The van der Waals surface area contributed by atoms with Gasteiger partial charge in [0.05, 0.1) is 40.1 Å². The van der Waals surface area contributed by atoms with Crippen molar-refractivity contribution in [2.75, 3.05) is 23.5 Å². The number of aromatic nitrogens is 4. The van der Waals surface area contributed by atoms with Crippen molar-refractivity contribution in [1.29, 1.82) is 0 Å². The van der Waals surface area contributed by atoms with Crippen LogP contribution >= 0.6 is 0 Å². The molecule has 0 saturated heterocycles. The largest absolute Gasteiger partial charge is 0.439 e. The first kappa shape index (κ1) is 38.6. The monoisotopic (exact) mass is 802 g/mol. The van der Waals surface area contributed by atoms with Crippen molar-refractivity contribution in [3.63, 3.8) is 0 Å². The molecule has 0 saturated carbocycles. The Morgan fingerprint density at radius 3 is 1.74 bits per heavy atom. The summed E-state index contributed by atoms with van der Waals surface area (Å²) in [5, 5.41) is 4.82. The van der Waals surface area contributed by atoms with E-state index in [9.17, 15) is 0 Å². The van der Waals surface area contributed by atoms with Crippen molar-refractivity contribution >= 4 is 60.7 Å². The normalized spacial score (nSPS) is 13.6. The second-order valence-corrected chi connectivity index (χ2v) is 19.9. The lowest BCUT2D eigenvalue weighted by atomic mass is 9.85. The van der Waals surface area contributed by atoms with E-state index in [0.717, 1.165) is 45.7 Å². The van der Waals surface area contributed by atoms with Gasteiger partial charge in [-0.25, -0.2) is 9.97 Å². The fourth-order valence-electron chi connectivity index (χ4n) is 9.02. The van der Waals surface area contributed by atoms with Crippen molar-refractivity contribution < 1.29 is 4.74 Å². The number of fused-ring (bicyclic) bond motifs is 7. The maximum absolute atomic E-state index is 6.62. The lowest BCUT2D eigenvalue weighted by Crippen LogP contribution is -2.23. The van der Waals surface area contributed by atoms with Crippen molar-refractivity contribution in [1.82, 2.24) is 19.1 Å². The fourth-order valence-corrected chi connectivity index (χ4v) is 9.02. The van der Waals surface area contributed by atoms with E-state index in [0.29, 0.717) is 11.6 Å². The van der Waals surface area contributed by atoms with E-state index in [-0.39, 0.29) is 16.2 Å². The summed E-state index contributed by atoms with van der Waals surface area (Å²) in [5.41, 5.74) is 12.9. The van der Waals surface area contributed by atoms with E-state index in [1.54, 1.807) is 0 Å². The molecule has 0 amide bonds. The zero-order chi connectivity index (χ0) is 42.6. The molecule has 7 heteroatoms. The van der Waals surface area contributed by atoms with Crippen molar-refractivity contribution in [3.05, 3.63) is 150 Å². The molecule has 0 radical (unpaired) electrons. The highest BCUT2D eigenvalue weighted by atomic mass is 16.5. The van der Waals surface area contributed by atoms with Crippen LogP contribution in [0.15, 0.2) is 134 Å². The van der Waals surface area contributed by atoms with E-state index in [4.69, 9.17) is 9.72 Å². The summed E-state index contributed by atoms with van der Waals surface area (Å²) in [6, 6.07) is 44.2. The highest BCUT2D eigenvalue weighted by Gasteiger charge is 2.26. The fraction of sp³-hybridized carbons (Fsp3) is 0.259. The van der Waals surface area contributed by atoms with Crippen LogP contribution in [0.25, 0.3) is 55.1 Å². The predicted octanol–water partition coefficient (Wildman–Crippen LogP) is 13.9.